The molecule has 0 aliphatic carbocycles. The summed E-state index contributed by atoms with van der Waals surface area (Å²) in [5, 5.41) is 0.603. The molecule has 0 radical (unpaired) electrons. The minimum Gasteiger partial charge on any atom is -0.294 e. The first-order valence-electron chi connectivity index (χ1n) is 5.05. The van der Waals surface area contributed by atoms with Crippen LogP contribution in [-0.4, -0.2) is 10.8 Å². The second-order valence-electron chi connectivity index (χ2n) is 3.55. The van der Waals surface area contributed by atoms with Crippen LogP contribution in [0.4, 0.5) is 0 Å². The van der Waals surface area contributed by atoms with Crippen LogP contribution in [-0.2, 0) is 6.42 Å². The van der Waals surface area contributed by atoms with Crippen molar-refractivity contribution in [1.82, 2.24) is 4.98 Å². The highest BCUT2D eigenvalue weighted by atomic mass is 79.9. The minimum absolute atomic E-state index is 0.0206. The third kappa shape index (κ3) is 3.14. The first kappa shape index (κ1) is 12.3. The van der Waals surface area contributed by atoms with Crippen LogP contribution < -0.4 is 0 Å². The molecule has 0 saturated carbocycles. The van der Waals surface area contributed by atoms with E-state index in [0.29, 0.717) is 21.5 Å². The van der Waals surface area contributed by atoms with Crippen LogP contribution in [0.15, 0.2) is 47.1 Å². The van der Waals surface area contributed by atoms with Gasteiger partial charge in [-0.25, -0.2) is 0 Å². The van der Waals surface area contributed by atoms with Gasteiger partial charge in [-0.1, -0.05) is 17.7 Å². The first-order valence-corrected chi connectivity index (χ1v) is 6.22. The zero-order valence-corrected chi connectivity index (χ0v) is 11.2. The quantitative estimate of drug-likeness (QED) is 0.804. The van der Waals surface area contributed by atoms with Crippen molar-refractivity contribution in [3.8, 4) is 0 Å². The molecule has 0 aliphatic rings. The average molecular weight is 311 g/mol. The van der Waals surface area contributed by atoms with Crippen molar-refractivity contribution in [2.24, 2.45) is 0 Å². The predicted molar refractivity (Wildman–Crippen MR) is 71.4 cm³/mol. The number of nitrogens with zero attached hydrogens (tertiary/aromatic N) is 1. The van der Waals surface area contributed by atoms with Crippen LogP contribution in [0.25, 0.3) is 0 Å². The smallest absolute Gasteiger partial charge is 0.169 e. The Labute approximate surface area is 113 Å². The molecule has 4 heteroatoms. The van der Waals surface area contributed by atoms with E-state index in [2.05, 4.69) is 20.9 Å². The molecule has 2 nitrogen and oxygen atoms in total. The number of carbonyl (C=O) groups is 1. The van der Waals surface area contributed by atoms with Gasteiger partial charge in [-0.15, -0.1) is 0 Å². The number of Topliss-reactive ketones (excluding diaryl/α,β-unsaturated/α-hetero) is 1. The second kappa shape index (κ2) is 5.43. The molecule has 2 aromatic rings. The number of halogens is 2. The molecule has 17 heavy (non-hydrogen) atoms. The molecule has 0 amide bonds. The SMILES string of the molecule is O=C(Cc1ccccn1)c1ccc(Cl)cc1Br. The Morgan fingerprint density at radius 1 is 1.29 bits per heavy atom. The lowest BCUT2D eigenvalue weighted by molar-refractivity contribution is 0.0991. The van der Waals surface area contributed by atoms with Gasteiger partial charge in [0.15, 0.2) is 5.78 Å². The summed E-state index contributed by atoms with van der Waals surface area (Å²) in [7, 11) is 0. The normalized spacial score (nSPS) is 10.2. The number of benzene rings is 1. The van der Waals surface area contributed by atoms with Crippen molar-refractivity contribution in [1.29, 1.82) is 0 Å². The molecule has 86 valence electrons. The van der Waals surface area contributed by atoms with Crippen LogP contribution in [0.5, 0.6) is 0 Å². The molecule has 1 heterocycles. The topological polar surface area (TPSA) is 30.0 Å². The minimum atomic E-state index is 0.0206. The van der Waals surface area contributed by atoms with Crippen LogP contribution in [0.3, 0.4) is 0 Å². The number of aromatic nitrogens is 1. The fourth-order valence-corrected chi connectivity index (χ4v) is 2.38. The lowest BCUT2D eigenvalue weighted by Gasteiger charge is -2.03. The Morgan fingerprint density at radius 3 is 2.76 bits per heavy atom. The van der Waals surface area contributed by atoms with Crippen LogP contribution in [0.2, 0.25) is 5.02 Å². The standard InChI is InChI=1S/C13H9BrClNO/c14-12-7-9(15)4-5-11(12)13(17)8-10-3-1-2-6-16-10/h1-7H,8H2. The number of rotatable bonds is 3. The summed E-state index contributed by atoms with van der Waals surface area (Å²) >= 11 is 9.16. The fraction of sp³-hybridized carbons (Fsp3) is 0.0769. The summed E-state index contributed by atoms with van der Waals surface area (Å²) in [6.07, 6.45) is 1.97. The summed E-state index contributed by atoms with van der Waals surface area (Å²) in [4.78, 5) is 16.2. The maximum absolute atomic E-state index is 12.0. The highest BCUT2D eigenvalue weighted by molar-refractivity contribution is 9.10. The monoisotopic (exact) mass is 309 g/mol. The lowest BCUT2D eigenvalue weighted by atomic mass is 10.1. The van der Waals surface area contributed by atoms with E-state index < -0.39 is 0 Å². The van der Waals surface area contributed by atoms with Crippen LogP contribution >= 0.6 is 27.5 Å². The zero-order chi connectivity index (χ0) is 12.3. The molecule has 0 unspecified atom stereocenters. The Morgan fingerprint density at radius 2 is 2.12 bits per heavy atom. The van der Waals surface area contributed by atoms with Crippen LogP contribution in [0.1, 0.15) is 16.1 Å². The van der Waals surface area contributed by atoms with Gasteiger partial charge in [-0.05, 0) is 46.3 Å². The van der Waals surface area contributed by atoms with Crippen molar-refractivity contribution in [2.75, 3.05) is 0 Å². The van der Waals surface area contributed by atoms with Crippen molar-refractivity contribution in [3.05, 3.63) is 63.3 Å². The van der Waals surface area contributed by atoms with E-state index in [4.69, 9.17) is 11.6 Å². The third-order valence-electron chi connectivity index (χ3n) is 2.30. The Bertz CT molecular complexity index is 542. The lowest BCUT2D eigenvalue weighted by Crippen LogP contribution is -2.05. The van der Waals surface area contributed by atoms with Gasteiger partial charge in [0.2, 0.25) is 0 Å². The molecule has 0 saturated heterocycles. The predicted octanol–water partition coefficient (Wildman–Crippen LogP) is 3.92. The number of carbonyl (C=O) groups excluding carboxylic acids is 1. The summed E-state index contributed by atoms with van der Waals surface area (Å²) in [5.74, 6) is 0.0206. The molecular weight excluding hydrogens is 302 g/mol. The van der Waals surface area contributed by atoms with Crippen molar-refractivity contribution in [2.45, 2.75) is 6.42 Å². The fourth-order valence-electron chi connectivity index (χ4n) is 1.48. The number of hydrogen-bond donors (Lipinski definition) is 0. The molecule has 0 atom stereocenters. The van der Waals surface area contributed by atoms with Gasteiger partial charge in [0.25, 0.3) is 0 Å². The van der Waals surface area contributed by atoms with E-state index in [1.807, 2.05) is 18.2 Å². The molecular formula is C13H9BrClNO. The highest BCUT2D eigenvalue weighted by Gasteiger charge is 2.11. The maximum atomic E-state index is 12.0. The van der Waals surface area contributed by atoms with Gasteiger partial charge < -0.3 is 0 Å². The van der Waals surface area contributed by atoms with E-state index in [1.165, 1.54) is 0 Å². The zero-order valence-electron chi connectivity index (χ0n) is 8.86. The molecule has 0 aliphatic heterocycles. The number of pyridine rings is 1. The van der Waals surface area contributed by atoms with Gasteiger partial charge in [0.05, 0.1) is 6.42 Å². The van der Waals surface area contributed by atoms with Crippen LogP contribution in [0, 0.1) is 0 Å². The van der Waals surface area contributed by atoms with Gasteiger partial charge in [0.1, 0.15) is 0 Å². The maximum Gasteiger partial charge on any atom is 0.169 e. The van der Waals surface area contributed by atoms with E-state index >= 15 is 0 Å². The molecule has 1 aromatic carbocycles. The summed E-state index contributed by atoms with van der Waals surface area (Å²) in [5.41, 5.74) is 1.39. The van der Waals surface area contributed by atoms with Gasteiger partial charge in [0, 0.05) is 26.9 Å². The molecule has 0 bridgehead atoms. The Hall–Kier alpha value is -1.19. The molecule has 0 N–H and O–H groups in total. The Kier molecular flexibility index (Phi) is 3.92. The van der Waals surface area contributed by atoms with E-state index in [1.54, 1.807) is 24.4 Å². The van der Waals surface area contributed by atoms with Gasteiger partial charge in [-0.3, -0.25) is 9.78 Å². The van der Waals surface area contributed by atoms with Crippen molar-refractivity contribution < 1.29 is 4.79 Å². The van der Waals surface area contributed by atoms with E-state index in [0.717, 1.165) is 5.69 Å². The average Bonchev–Trinajstić information content (AvgIpc) is 2.30. The largest absolute Gasteiger partial charge is 0.294 e. The molecule has 0 spiro atoms. The summed E-state index contributed by atoms with van der Waals surface area (Å²) in [6, 6.07) is 10.7. The van der Waals surface area contributed by atoms with E-state index in [-0.39, 0.29) is 5.78 Å². The van der Waals surface area contributed by atoms with Gasteiger partial charge in [-0.2, -0.15) is 0 Å². The Balaban J connectivity index is 2.21. The molecule has 0 fully saturated rings. The second-order valence-corrected chi connectivity index (χ2v) is 4.84. The summed E-state index contributed by atoms with van der Waals surface area (Å²) in [6.45, 7) is 0. The summed E-state index contributed by atoms with van der Waals surface area (Å²) < 4.78 is 0.714. The number of ketones is 1. The highest BCUT2D eigenvalue weighted by Crippen LogP contribution is 2.22. The van der Waals surface area contributed by atoms with Crippen molar-refractivity contribution >= 4 is 33.3 Å². The third-order valence-corrected chi connectivity index (χ3v) is 3.19. The number of hydrogen-bond acceptors (Lipinski definition) is 2. The van der Waals surface area contributed by atoms with E-state index in [9.17, 15) is 4.79 Å². The first-order chi connectivity index (χ1) is 8.16. The van der Waals surface area contributed by atoms with Crippen molar-refractivity contribution in [3.63, 3.8) is 0 Å². The molecule has 2 rings (SSSR count). The van der Waals surface area contributed by atoms with Gasteiger partial charge >= 0.3 is 0 Å². The molecule has 1 aromatic heterocycles.